The lowest BCUT2D eigenvalue weighted by Gasteiger charge is -2.28. The van der Waals surface area contributed by atoms with Crippen LogP contribution in [0, 0.1) is 11.8 Å². The number of aliphatic hydroxyl groups is 1. The molecule has 4 unspecified atom stereocenters. The minimum atomic E-state index is -0.966. The summed E-state index contributed by atoms with van der Waals surface area (Å²) >= 11 is 0. The van der Waals surface area contributed by atoms with E-state index < -0.39 is 35.5 Å². The number of Topliss-reactive ketones (excluding diaryl/α,β-unsaturated/α-hetero) is 1. The zero-order valence-corrected chi connectivity index (χ0v) is 24.4. The summed E-state index contributed by atoms with van der Waals surface area (Å²) in [6.07, 6.45) is 6.93. The van der Waals surface area contributed by atoms with Gasteiger partial charge in [0, 0.05) is 12.3 Å². The van der Waals surface area contributed by atoms with E-state index in [2.05, 4.69) is 16.0 Å². The molecule has 1 aromatic carbocycles. The summed E-state index contributed by atoms with van der Waals surface area (Å²) in [5.74, 6) is -0.516. The lowest BCUT2D eigenvalue weighted by Crippen LogP contribution is -2.57. The molecule has 1 saturated heterocycles. The van der Waals surface area contributed by atoms with Gasteiger partial charge in [-0.3, -0.25) is 19.2 Å². The van der Waals surface area contributed by atoms with Crippen LogP contribution in [0.3, 0.4) is 0 Å². The summed E-state index contributed by atoms with van der Waals surface area (Å²) in [6.45, 7) is 3.67. The number of hydrogen-bond acceptors (Lipinski definition) is 7. The summed E-state index contributed by atoms with van der Waals surface area (Å²) in [7, 11) is 1.57. The zero-order valence-electron chi connectivity index (χ0n) is 24.4. The van der Waals surface area contributed by atoms with Gasteiger partial charge in [0.05, 0.1) is 25.9 Å². The predicted octanol–water partition coefficient (Wildman–Crippen LogP) is 2.20. The molecule has 10 nitrogen and oxygen atoms in total. The van der Waals surface area contributed by atoms with Gasteiger partial charge in [-0.05, 0) is 69.6 Å². The fourth-order valence-electron chi connectivity index (χ4n) is 5.94. The molecule has 0 radical (unpaired) electrons. The number of epoxide rings is 1. The van der Waals surface area contributed by atoms with Crippen molar-refractivity contribution in [2.45, 2.75) is 108 Å². The third kappa shape index (κ3) is 8.52. The van der Waals surface area contributed by atoms with Crippen LogP contribution >= 0.6 is 0 Å². The summed E-state index contributed by atoms with van der Waals surface area (Å²) < 4.78 is 10.7. The van der Waals surface area contributed by atoms with E-state index in [9.17, 15) is 24.3 Å². The number of ether oxygens (including phenoxy) is 2. The molecule has 10 heteroatoms. The van der Waals surface area contributed by atoms with Crippen molar-refractivity contribution in [3.8, 4) is 5.75 Å². The summed E-state index contributed by atoms with van der Waals surface area (Å²) in [4.78, 5) is 53.0. The number of hydrogen-bond donors (Lipinski definition) is 4. The molecular formula is C31H45N3O7. The first kappa shape index (κ1) is 31.0. The molecular weight excluding hydrogens is 526 g/mol. The highest BCUT2D eigenvalue weighted by Crippen LogP contribution is 2.33. The minimum absolute atomic E-state index is 0.134. The maximum Gasteiger partial charge on any atom is 0.243 e. The van der Waals surface area contributed by atoms with Gasteiger partial charge >= 0.3 is 0 Å². The summed E-state index contributed by atoms with van der Waals surface area (Å²) in [5, 5.41) is 18.3. The van der Waals surface area contributed by atoms with Gasteiger partial charge in [-0.2, -0.15) is 0 Å². The number of carbonyl (C=O) groups is 4. The van der Waals surface area contributed by atoms with Crippen molar-refractivity contribution >= 4 is 23.5 Å². The van der Waals surface area contributed by atoms with Crippen LogP contribution in [0.1, 0.15) is 77.2 Å². The van der Waals surface area contributed by atoms with Crippen LogP contribution in [0.2, 0.25) is 0 Å². The maximum absolute atomic E-state index is 13.7. The van der Waals surface area contributed by atoms with Crippen molar-refractivity contribution < 1.29 is 33.8 Å². The normalized spacial score (nSPS) is 26.3. The second-order valence-electron chi connectivity index (χ2n) is 12.2. The standard InChI is InChI=1S/C31H45N3O7/c1-19(32-29(38)22-10-12-23(35)13-11-22)28(37)34-26(17-21-8-14-24(40-3)15-9-21)30(39)33-25(16-20-6-4-5-7-20)27(36)31(2)18-41-31/h8-9,14-15,19-20,22-23,25-26,35H,4-7,10-13,16-18H2,1-3H3,(H,32,38)(H,33,39)(H,34,37). The van der Waals surface area contributed by atoms with Crippen molar-refractivity contribution in [3.63, 3.8) is 0 Å². The van der Waals surface area contributed by atoms with E-state index in [1.165, 1.54) is 0 Å². The average molecular weight is 572 g/mol. The Bertz CT molecular complexity index is 1070. The first-order chi connectivity index (χ1) is 19.6. The van der Waals surface area contributed by atoms with E-state index in [0.717, 1.165) is 31.2 Å². The molecule has 3 aliphatic rings. The molecule has 1 heterocycles. The molecule has 226 valence electrons. The van der Waals surface area contributed by atoms with Crippen molar-refractivity contribution in [1.82, 2.24) is 16.0 Å². The monoisotopic (exact) mass is 571 g/mol. The van der Waals surface area contributed by atoms with Gasteiger partial charge in [0.1, 0.15) is 23.4 Å². The minimum Gasteiger partial charge on any atom is -0.497 e. The molecule has 1 aliphatic heterocycles. The number of amides is 3. The lowest BCUT2D eigenvalue weighted by molar-refractivity contribution is -0.135. The number of benzene rings is 1. The Labute approximate surface area is 242 Å². The van der Waals surface area contributed by atoms with Crippen molar-refractivity contribution in [3.05, 3.63) is 29.8 Å². The van der Waals surface area contributed by atoms with Gasteiger partial charge in [-0.25, -0.2) is 0 Å². The molecule has 41 heavy (non-hydrogen) atoms. The molecule has 2 saturated carbocycles. The quantitative estimate of drug-likeness (QED) is 0.266. The first-order valence-electron chi connectivity index (χ1n) is 15.0. The van der Waals surface area contributed by atoms with Crippen LogP contribution in [0.5, 0.6) is 5.75 Å². The van der Waals surface area contributed by atoms with Crippen LogP contribution in [0.15, 0.2) is 24.3 Å². The predicted molar refractivity (Wildman–Crippen MR) is 152 cm³/mol. The third-order valence-corrected chi connectivity index (χ3v) is 8.83. The van der Waals surface area contributed by atoms with E-state index in [4.69, 9.17) is 9.47 Å². The number of ketones is 1. The lowest BCUT2D eigenvalue weighted by atomic mass is 9.87. The number of methoxy groups -OCH3 is 1. The first-order valence-corrected chi connectivity index (χ1v) is 15.0. The van der Waals surface area contributed by atoms with Gasteiger partial charge in [0.25, 0.3) is 0 Å². The highest BCUT2D eigenvalue weighted by molar-refractivity contribution is 5.98. The molecule has 2 aliphatic carbocycles. The fourth-order valence-corrected chi connectivity index (χ4v) is 5.94. The molecule has 4 N–H and O–H groups in total. The van der Waals surface area contributed by atoms with Gasteiger partial charge in [-0.15, -0.1) is 0 Å². The van der Waals surface area contributed by atoms with Crippen molar-refractivity contribution in [2.75, 3.05) is 13.7 Å². The smallest absolute Gasteiger partial charge is 0.243 e. The number of rotatable bonds is 13. The molecule has 3 amide bonds. The Kier molecular flexibility index (Phi) is 10.4. The Morgan fingerprint density at radius 3 is 2.15 bits per heavy atom. The molecule has 1 aromatic rings. The topological polar surface area (TPSA) is 146 Å². The Balaban J connectivity index is 1.45. The van der Waals surface area contributed by atoms with Crippen LogP contribution < -0.4 is 20.7 Å². The van der Waals surface area contributed by atoms with E-state index >= 15 is 0 Å². The maximum atomic E-state index is 13.7. The summed E-state index contributed by atoms with van der Waals surface area (Å²) in [6, 6.07) is 4.69. The fraction of sp³-hybridized carbons (Fsp3) is 0.677. The van der Waals surface area contributed by atoms with E-state index in [-0.39, 0.29) is 30.1 Å². The molecule has 3 fully saturated rings. The van der Waals surface area contributed by atoms with Gasteiger partial charge < -0.3 is 30.5 Å². The molecule has 4 rings (SSSR count). The second kappa shape index (κ2) is 13.8. The van der Waals surface area contributed by atoms with Crippen LogP contribution in [0.4, 0.5) is 0 Å². The molecule has 0 bridgehead atoms. The number of aliphatic hydroxyl groups excluding tert-OH is 1. The highest BCUT2D eigenvalue weighted by atomic mass is 16.6. The van der Waals surface area contributed by atoms with Gasteiger partial charge in [0.2, 0.25) is 17.7 Å². The van der Waals surface area contributed by atoms with E-state index in [1.54, 1.807) is 33.1 Å². The zero-order chi connectivity index (χ0) is 29.6. The van der Waals surface area contributed by atoms with Crippen molar-refractivity contribution in [2.24, 2.45) is 11.8 Å². The third-order valence-electron chi connectivity index (χ3n) is 8.83. The second-order valence-corrected chi connectivity index (χ2v) is 12.2. The summed E-state index contributed by atoms with van der Waals surface area (Å²) in [5.41, 5.74) is -0.0703. The molecule has 0 spiro atoms. The average Bonchev–Trinajstić information content (AvgIpc) is 3.50. The van der Waals surface area contributed by atoms with Gasteiger partial charge in [-0.1, -0.05) is 37.8 Å². The SMILES string of the molecule is COc1ccc(CC(NC(=O)C(C)NC(=O)C2CCC(O)CC2)C(=O)NC(CC2CCCC2)C(=O)C2(C)CO2)cc1. The van der Waals surface area contributed by atoms with Gasteiger partial charge in [0.15, 0.2) is 5.78 Å². The van der Waals surface area contributed by atoms with Crippen LogP contribution in [-0.4, -0.2) is 72.2 Å². The Morgan fingerprint density at radius 1 is 0.951 bits per heavy atom. The Morgan fingerprint density at radius 2 is 1.56 bits per heavy atom. The van der Waals surface area contributed by atoms with E-state index in [0.29, 0.717) is 50.4 Å². The molecule has 4 atom stereocenters. The largest absolute Gasteiger partial charge is 0.497 e. The number of carbonyl (C=O) groups excluding carboxylic acids is 4. The number of nitrogens with one attached hydrogen (secondary N) is 3. The van der Waals surface area contributed by atoms with E-state index in [1.807, 2.05) is 12.1 Å². The highest BCUT2D eigenvalue weighted by Gasteiger charge is 2.50. The van der Waals surface area contributed by atoms with Crippen molar-refractivity contribution in [1.29, 1.82) is 0 Å². The molecule has 0 aromatic heterocycles. The van der Waals surface area contributed by atoms with Crippen LogP contribution in [-0.2, 0) is 30.3 Å². The Hall–Kier alpha value is -2.98. The van der Waals surface area contributed by atoms with Crippen LogP contribution in [0.25, 0.3) is 0 Å².